The first-order valence-corrected chi connectivity index (χ1v) is 9.66. The zero-order valence-electron chi connectivity index (χ0n) is 13.0. The molecule has 0 heterocycles. The van der Waals surface area contributed by atoms with Crippen molar-refractivity contribution in [2.75, 3.05) is 12.0 Å². The molecule has 2 rings (SSSR count). The summed E-state index contributed by atoms with van der Waals surface area (Å²) in [5.41, 5.74) is 2.78. The molecule has 1 aliphatic rings. The molecule has 0 aromatic heterocycles. The maximum atomic E-state index is 12.2. The summed E-state index contributed by atoms with van der Waals surface area (Å²) >= 11 is 3.52. The molecule has 0 bridgehead atoms. The first-order valence-electron chi connectivity index (χ1n) is 8.54. The summed E-state index contributed by atoms with van der Waals surface area (Å²) in [6.07, 6.45) is 11.1. The van der Waals surface area contributed by atoms with Crippen LogP contribution in [0.2, 0.25) is 0 Å². The first kappa shape index (κ1) is 17.0. The number of unbranched alkanes of at least 4 members (excludes halogenated alkanes) is 1. The zero-order valence-corrected chi connectivity index (χ0v) is 14.6. The van der Waals surface area contributed by atoms with Gasteiger partial charge in [0.2, 0.25) is 0 Å². The largest absolute Gasteiger partial charge is 0.251 e. The van der Waals surface area contributed by atoms with Crippen LogP contribution < -0.4 is 0 Å². The maximum Gasteiger partial charge on any atom is 0.0897 e. The standard InChI is InChI=1S/C19H28BrF/c20-14-2-1-4-16-6-10-18(11-7-16)19-12-8-17(9-13-19)5-3-15-21/h8-9,12-13,16,18H,1-7,10-11,14-15H2. The van der Waals surface area contributed by atoms with Gasteiger partial charge < -0.3 is 0 Å². The lowest BCUT2D eigenvalue weighted by molar-refractivity contribution is 0.304. The molecule has 1 aromatic carbocycles. The Morgan fingerprint density at radius 1 is 0.952 bits per heavy atom. The van der Waals surface area contributed by atoms with Gasteiger partial charge >= 0.3 is 0 Å². The fraction of sp³-hybridized carbons (Fsp3) is 0.684. The second-order valence-corrected chi connectivity index (χ2v) is 7.23. The average Bonchev–Trinajstić information content (AvgIpc) is 2.54. The Morgan fingerprint density at radius 2 is 1.67 bits per heavy atom. The van der Waals surface area contributed by atoms with Crippen LogP contribution in [0.15, 0.2) is 24.3 Å². The minimum atomic E-state index is -0.207. The van der Waals surface area contributed by atoms with Crippen molar-refractivity contribution in [1.29, 1.82) is 0 Å². The van der Waals surface area contributed by atoms with Crippen LogP contribution in [0.5, 0.6) is 0 Å². The van der Waals surface area contributed by atoms with Gasteiger partial charge in [0.15, 0.2) is 0 Å². The van der Waals surface area contributed by atoms with Gasteiger partial charge in [0.1, 0.15) is 0 Å². The highest BCUT2D eigenvalue weighted by Crippen LogP contribution is 2.37. The molecule has 0 radical (unpaired) electrons. The molecule has 0 amide bonds. The number of rotatable bonds is 8. The molecule has 0 spiro atoms. The normalized spacial score (nSPS) is 22.4. The second-order valence-electron chi connectivity index (χ2n) is 6.44. The molecule has 1 saturated carbocycles. The van der Waals surface area contributed by atoms with Gasteiger partial charge in [-0.05, 0) is 67.9 Å². The van der Waals surface area contributed by atoms with E-state index in [4.69, 9.17) is 0 Å². The number of alkyl halides is 2. The molecule has 2 heteroatoms. The SMILES string of the molecule is FCCCc1ccc(C2CCC(CCCCBr)CC2)cc1. The summed E-state index contributed by atoms with van der Waals surface area (Å²) in [5.74, 6) is 1.72. The van der Waals surface area contributed by atoms with Crippen LogP contribution >= 0.6 is 15.9 Å². The van der Waals surface area contributed by atoms with Gasteiger partial charge in [-0.3, -0.25) is 4.39 Å². The monoisotopic (exact) mass is 354 g/mol. The molecule has 0 nitrogen and oxygen atoms in total. The molecule has 1 aromatic rings. The molecule has 0 atom stereocenters. The summed E-state index contributed by atoms with van der Waals surface area (Å²) in [6, 6.07) is 8.97. The number of benzene rings is 1. The van der Waals surface area contributed by atoms with E-state index < -0.39 is 0 Å². The lowest BCUT2D eigenvalue weighted by Gasteiger charge is -2.29. The molecule has 1 aliphatic carbocycles. The Labute approximate surface area is 137 Å². The van der Waals surface area contributed by atoms with E-state index in [2.05, 4.69) is 40.2 Å². The lowest BCUT2D eigenvalue weighted by atomic mass is 9.77. The van der Waals surface area contributed by atoms with Gasteiger partial charge in [0, 0.05) is 5.33 Å². The van der Waals surface area contributed by atoms with Gasteiger partial charge in [0.05, 0.1) is 6.67 Å². The van der Waals surface area contributed by atoms with Gasteiger partial charge in [-0.25, -0.2) is 0 Å². The molecule has 118 valence electrons. The molecule has 21 heavy (non-hydrogen) atoms. The van der Waals surface area contributed by atoms with Crippen LogP contribution in [0.4, 0.5) is 4.39 Å². The molecule has 0 N–H and O–H groups in total. The minimum Gasteiger partial charge on any atom is -0.251 e. The van der Waals surface area contributed by atoms with Crippen molar-refractivity contribution >= 4 is 15.9 Å². The Balaban J connectivity index is 1.76. The quantitative estimate of drug-likeness (QED) is 0.372. The highest BCUT2D eigenvalue weighted by atomic mass is 79.9. The molecule has 0 aliphatic heterocycles. The van der Waals surface area contributed by atoms with E-state index in [0.717, 1.165) is 23.6 Å². The van der Waals surface area contributed by atoms with Crippen LogP contribution in [-0.4, -0.2) is 12.0 Å². The van der Waals surface area contributed by atoms with Crippen molar-refractivity contribution in [3.8, 4) is 0 Å². The average molecular weight is 355 g/mol. The van der Waals surface area contributed by atoms with E-state index >= 15 is 0 Å². The van der Waals surface area contributed by atoms with Crippen molar-refractivity contribution < 1.29 is 4.39 Å². The molecule has 0 saturated heterocycles. The highest BCUT2D eigenvalue weighted by Gasteiger charge is 2.21. The Kier molecular flexibility index (Phi) is 7.77. The summed E-state index contributed by atoms with van der Waals surface area (Å²) in [5, 5.41) is 1.15. The van der Waals surface area contributed by atoms with E-state index in [-0.39, 0.29) is 6.67 Å². The second kappa shape index (κ2) is 9.61. The topological polar surface area (TPSA) is 0 Å². The van der Waals surface area contributed by atoms with Gasteiger partial charge in [-0.2, -0.15) is 0 Å². The van der Waals surface area contributed by atoms with E-state index in [1.165, 1.54) is 56.1 Å². The number of aryl methyl sites for hydroxylation is 1. The fourth-order valence-electron chi connectivity index (χ4n) is 3.54. The number of hydrogen-bond donors (Lipinski definition) is 0. The van der Waals surface area contributed by atoms with E-state index in [0.29, 0.717) is 6.42 Å². The third-order valence-electron chi connectivity index (χ3n) is 4.89. The van der Waals surface area contributed by atoms with Crippen LogP contribution in [-0.2, 0) is 6.42 Å². The summed E-state index contributed by atoms with van der Waals surface area (Å²) in [7, 11) is 0. The predicted molar refractivity (Wildman–Crippen MR) is 93.1 cm³/mol. The summed E-state index contributed by atoms with van der Waals surface area (Å²) < 4.78 is 12.2. The van der Waals surface area contributed by atoms with Crippen molar-refractivity contribution in [3.63, 3.8) is 0 Å². The molecule has 1 fully saturated rings. The van der Waals surface area contributed by atoms with Crippen LogP contribution in [0.25, 0.3) is 0 Å². The number of hydrogen-bond acceptors (Lipinski definition) is 0. The van der Waals surface area contributed by atoms with Crippen molar-refractivity contribution in [1.82, 2.24) is 0 Å². The summed E-state index contributed by atoms with van der Waals surface area (Å²) in [4.78, 5) is 0. The highest BCUT2D eigenvalue weighted by molar-refractivity contribution is 9.09. The predicted octanol–water partition coefficient (Wildman–Crippen LogP) is 6.43. The molecular formula is C19H28BrF. The van der Waals surface area contributed by atoms with Crippen LogP contribution in [0.3, 0.4) is 0 Å². The van der Waals surface area contributed by atoms with E-state index in [1.54, 1.807) is 0 Å². The first-order chi connectivity index (χ1) is 10.3. The number of halogens is 2. The van der Waals surface area contributed by atoms with Crippen molar-refractivity contribution in [2.45, 2.75) is 63.7 Å². The minimum absolute atomic E-state index is 0.207. The Bertz CT molecular complexity index is 379. The Morgan fingerprint density at radius 3 is 2.29 bits per heavy atom. The van der Waals surface area contributed by atoms with Gasteiger partial charge in [-0.1, -0.05) is 53.0 Å². The zero-order chi connectivity index (χ0) is 14.9. The van der Waals surface area contributed by atoms with Crippen molar-refractivity contribution in [2.24, 2.45) is 5.92 Å². The molecule has 0 unspecified atom stereocenters. The molecular weight excluding hydrogens is 327 g/mol. The maximum absolute atomic E-state index is 12.2. The smallest absolute Gasteiger partial charge is 0.0897 e. The third kappa shape index (κ3) is 5.73. The van der Waals surface area contributed by atoms with E-state index in [9.17, 15) is 4.39 Å². The lowest BCUT2D eigenvalue weighted by Crippen LogP contribution is -2.13. The van der Waals surface area contributed by atoms with E-state index in [1.807, 2.05) is 0 Å². The van der Waals surface area contributed by atoms with Crippen LogP contribution in [0.1, 0.15) is 68.4 Å². The van der Waals surface area contributed by atoms with Gasteiger partial charge in [0.25, 0.3) is 0 Å². The fourth-order valence-corrected chi connectivity index (χ4v) is 3.94. The Hall–Kier alpha value is -0.370. The van der Waals surface area contributed by atoms with Crippen LogP contribution in [0, 0.1) is 5.92 Å². The third-order valence-corrected chi connectivity index (χ3v) is 5.45. The van der Waals surface area contributed by atoms with Crippen molar-refractivity contribution in [3.05, 3.63) is 35.4 Å². The summed E-state index contributed by atoms with van der Waals surface area (Å²) in [6.45, 7) is -0.207. The van der Waals surface area contributed by atoms with Gasteiger partial charge in [-0.15, -0.1) is 0 Å².